The molecule has 2 rings (SSSR count). The summed E-state index contributed by atoms with van der Waals surface area (Å²) in [7, 11) is 0. The number of thiocarbonyl (C=S) groups is 1. The fraction of sp³-hybridized carbons (Fsp3) is 0.118. The van der Waals surface area contributed by atoms with Gasteiger partial charge in [-0.25, -0.2) is 0 Å². The van der Waals surface area contributed by atoms with Gasteiger partial charge in [0.25, 0.3) is 5.91 Å². The van der Waals surface area contributed by atoms with Gasteiger partial charge < -0.3 is 25.9 Å². The highest BCUT2D eigenvalue weighted by molar-refractivity contribution is 14.1. The Morgan fingerprint density at radius 3 is 2.00 bits per heavy atom. The molecule has 0 aliphatic heterocycles. The highest BCUT2D eigenvalue weighted by atomic mass is 127. The largest absolute Gasteiger partial charge is 0.545 e. The summed E-state index contributed by atoms with van der Waals surface area (Å²) in [5.74, 6) is -1.75. The number of carbonyl (C=O) groups excluding carboxylic acids is 2. The number of nitrogens with one attached hydrogen (secondary N) is 3. The van der Waals surface area contributed by atoms with Crippen LogP contribution in [0.3, 0.4) is 0 Å². The van der Waals surface area contributed by atoms with Gasteiger partial charge in [-0.3, -0.25) is 4.79 Å². The summed E-state index contributed by atoms with van der Waals surface area (Å²) in [6, 6.07) is 12.5. The third-order valence-electron chi connectivity index (χ3n) is 3.36. The van der Waals surface area contributed by atoms with Crippen molar-refractivity contribution in [3.63, 3.8) is 0 Å². The van der Waals surface area contributed by atoms with Crippen molar-refractivity contribution in [1.29, 1.82) is 0 Å². The van der Waals surface area contributed by atoms with Gasteiger partial charge in [0.2, 0.25) is 3.79 Å². The molecule has 0 bridgehead atoms. The number of carbonyl (C=O) groups is 2. The molecule has 0 spiro atoms. The second-order valence-corrected chi connectivity index (χ2v) is 9.44. The van der Waals surface area contributed by atoms with Crippen molar-refractivity contribution in [3.05, 3.63) is 63.2 Å². The van der Waals surface area contributed by atoms with Crippen LogP contribution in [0.1, 0.15) is 20.7 Å². The lowest BCUT2D eigenvalue weighted by atomic mass is 10.2. The van der Waals surface area contributed by atoms with E-state index in [9.17, 15) is 14.7 Å². The number of anilines is 1. The minimum Gasteiger partial charge on any atom is -0.545 e. The molecule has 148 valence electrons. The first-order valence-corrected chi connectivity index (χ1v) is 10.2. The van der Waals surface area contributed by atoms with Gasteiger partial charge in [0.05, 0.1) is 5.97 Å². The molecule has 0 aliphatic carbocycles. The van der Waals surface area contributed by atoms with Gasteiger partial charge in [-0.2, -0.15) is 0 Å². The van der Waals surface area contributed by atoms with Crippen LogP contribution in [0.15, 0.2) is 48.5 Å². The molecule has 1 atom stereocenters. The summed E-state index contributed by atoms with van der Waals surface area (Å²) < 4.78 is -0.927. The van der Waals surface area contributed by atoms with Gasteiger partial charge in [0.1, 0.15) is 6.17 Å². The zero-order chi connectivity index (χ0) is 20.9. The molecule has 0 heterocycles. The smallest absolute Gasteiger partial charge is 0.252 e. The van der Waals surface area contributed by atoms with Gasteiger partial charge in [-0.05, 0) is 76.8 Å². The summed E-state index contributed by atoms with van der Waals surface area (Å²) in [4.78, 5) is 23.2. The Morgan fingerprint density at radius 1 is 0.964 bits per heavy atom. The topological polar surface area (TPSA) is 93.3 Å². The summed E-state index contributed by atoms with van der Waals surface area (Å²) in [5.41, 5.74) is 0.904. The Morgan fingerprint density at radius 2 is 1.50 bits per heavy atom. The van der Waals surface area contributed by atoms with Crippen molar-refractivity contribution in [2.75, 3.05) is 5.32 Å². The van der Waals surface area contributed by atoms with Crippen molar-refractivity contribution >= 4 is 92.3 Å². The number of halogens is 4. The van der Waals surface area contributed by atoms with Crippen LogP contribution in [0.25, 0.3) is 0 Å². The molecule has 0 fully saturated rings. The fourth-order valence-electron chi connectivity index (χ4n) is 2.00. The van der Waals surface area contributed by atoms with Crippen LogP contribution in [0.2, 0.25) is 0 Å². The molecule has 0 saturated carbocycles. The average Bonchev–Trinajstić information content (AvgIpc) is 2.61. The molecule has 6 nitrogen and oxygen atoms in total. The number of carboxylic acids is 1. The van der Waals surface area contributed by atoms with Crippen molar-refractivity contribution in [3.8, 4) is 0 Å². The second kappa shape index (κ2) is 9.93. The van der Waals surface area contributed by atoms with Crippen LogP contribution in [-0.4, -0.2) is 26.9 Å². The maximum absolute atomic E-state index is 12.4. The van der Waals surface area contributed by atoms with E-state index in [4.69, 9.17) is 47.0 Å². The SMILES string of the molecule is O=C([O-])c1ccc(NC(=S)N[C@@H](NC(=O)c2ccc(I)cc2)C(Cl)(Cl)Cl)cc1. The van der Waals surface area contributed by atoms with E-state index in [1.807, 2.05) is 0 Å². The number of amides is 1. The standard InChI is InChI=1S/C17H13Cl3IN3O3S/c18-17(19,20)15(23-13(25)9-1-5-11(21)6-2-9)24-16(28)22-12-7-3-10(4-8-12)14(26)27/h1-8,15H,(H,23,25)(H,26,27)(H2,22,24,28)/p-1/t15-/m1/s1. The van der Waals surface area contributed by atoms with Crippen LogP contribution in [-0.2, 0) is 0 Å². The number of alkyl halides is 3. The molecule has 2 aromatic carbocycles. The van der Waals surface area contributed by atoms with Crippen LogP contribution < -0.4 is 21.1 Å². The second-order valence-electron chi connectivity index (χ2n) is 5.42. The number of hydrogen-bond donors (Lipinski definition) is 3. The predicted molar refractivity (Wildman–Crippen MR) is 121 cm³/mol. The van der Waals surface area contributed by atoms with E-state index in [2.05, 4.69) is 38.5 Å². The normalized spacial score (nSPS) is 12.0. The molecule has 2 aromatic rings. The molecule has 11 heteroatoms. The van der Waals surface area contributed by atoms with Crippen LogP contribution >= 0.6 is 69.6 Å². The number of hydrogen-bond acceptors (Lipinski definition) is 4. The van der Waals surface area contributed by atoms with Gasteiger partial charge in [0, 0.05) is 14.8 Å². The van der Waals surface area contributed by atoms with Gasteiger partial charge >= 0.3 is 0 Å². The van der Waals surface area contributed by atoms with E-state index in [1.54, 1.807) is 24.3 Å². The highest BCUT2D eigenvalue weighted by Gasteiger charge is 2.34. The minimum absolute atomic E-state index is 0.0216. The maximum Gasteiger partial charge on any atom is 0.252 e. The minimum atomic E-state index is -1.90. The molecule has 0 radical (unpaired) electrons. The van der Waals surface area contributed by atoms with E-state index in [1.165, 1.54) is 24.3 Å². The zero-order valence-corrected chi connectivity index (χ0v) is 19.1. The molecular formula is C17H12Cl3IN3O3S-. The van der Waals surface area contributed by atoms with Gasteiger partial charge in [-0.1, -0.05) is 46.9 Å². The number of rotatable bonds is 5. The lowest BCUT2D eigenvalue weighted by Gasteiger charge is -2.27. The first-order valence-electron chi connectivity index (χ1n) is 7.58. The lowest BCUT2D eigenvalue weighted by molar-refractivity contribution is -0.255. The molecule has 0 unspecified atom stereocenters. The molecule has 0 aromatic heterocycles. The fourth-order valence-corrected chi connectivity index (χ4v) is 2.93. The summed E-state index contributed by atoms with van der Waals surface area (Å²) >= 11 is 25.1. The lowest BCUT2D eigenvalue weighted by Crippen LogP contribution is -2.56. The van der Waals surface area contributed by atoms with E-state index in [-0.39, 0.29) is 10.7 Å². The van der Waals surface area contributed by atoms with Crippen molar-refractivity contribution in [2.45, 2.75) is 9.96 Å². The average molecular weight is 572 g/mol. The Bertz CT molecular complexity index is 874. The predicted octanol–water partition coefficient (Wildman–Crippen LogP) is 3.07. The van der Waals surface area contributed by atoms with E-state index < -0.39 is 21.8 Å². The van der Waals surface area contributed by atoms with Crippen molar-refractivity contribution in [1.82, 2.24) is 10.6 Å². The molecule has 1 amide bonds. The first-order chi connectivity index (χ1) is 13.1. The van der Waals surface area contributed by atoms with E-state index in [0.29, 0.717) is 11.3 Å². The summed E-state index contributed by atoms with van der Waals surface area (Å²) in [6.07, 6.45) is -1.13. The van der Waals surface area contributed by atoms with Crippen molar-refractivity contribution < 1.29 is 14.7 Å². The third kappa shape index (κ3) is 6.93. The Balaban J connectivity index is 2.04. The highest BCUT2D eigenvalue weighted by Crippen LogP contribution is 2.29. The Kier molecular flexibility index (Phi) is 8.14. The van der Waals surface area contributed by atoms with E-state index >= 15 is 0 Å². The molecule has 0 aliphatic rings. The quantitative estimate of drug-likeness (QED) is 0.221. The van der Waals surface area contributed by atoms with Gasteiger partial charge in [0.15, 0.2) is 5.11 Å². The summed E-state index contributed by atoms with van der Waals surface area (Å²) in [5, 5.41) is 18.9. The van der Waals surface area contributed by atoms with Crippen molar-refractivity contribution in [2.24, 2.45) is 0 Å². The third-order valence-corrected chi connectivity index (χ3v) is 4.96. The Hall–Kier alpha value is -1.33. The first kappa shape index (κ1) is 23.0. The molecule has 28 heavy (non-hydrogen) atoms. The number of carboxylic acid groups (broad SMARTS) is 1. The van der Waals surface area contributed by atoms with Gasteiger partial charge in [-0.15, -0.1) is 0 Å². The van der Waals surface area contributed by atoms with Crippen LogP contribution in [0.5, 0.6) is 0 Å². The zero-order valence-electron chi connectivity index (χ0n) is 13.8. The van der Waals surface area contributed by atoms with Crippen LogP contribution in [0, 0.1) is 3.57 Å². The molecule has 3 N–H and O–H groups in total. The van der Waals surface area contributed by atoms with E-state index in [0.717, 1.165) is 3.57 Å². The maximum atomic E-state index is 12.4. The Labute approximate surface area is 195 Å². The molecular weight excluding hydrogens is 560 g/mol. The monoisotopic (exact) mass is 570 g/mol. The van der Waals surface area contributed by atoms with Crippen LogP contribution in [0.4, 0.5) is 5.69 Å². The number of benzene rings is 2. The molecule has 0 saturated heterocycles. The number of aromatic carboxylic acids is 1. The summed E-state index contributed by atoms with van der Waals surface area (Å²) in [6.45, 7) is 0.